The van der Waals surface area contributed by atoms with Gasteiger partial charge in [0.1, 0.15) is 11.3 Å². The molecule has 0 aliphatic rings. The molecule has 8 nitrogen and oxygen atoms in total. The normalized spacial score (nSPS) is 11.9. The molecule has 0 unspecified atom stereocenters. The van der Waals surface area contributed by atoms with E-state index in [0.717, 1.165) is 22.4 Å². The molecule has 0 saturated heterocycles. The second-order valence-electron chi connectivity index (χ2n) is 7.19. The summed E-state index contributed by atoms with van der Waals surface area (Å²) in [4.78, 5) is 12.3. The summed E-state index contributed by atoms with van der Waals surface area (Å²) in [6, 6.07) is 5.82. The number of aromatic amines is 2. The fourth-order valence-electron chi connectivity index (χ4n) is 3.47. The highest BCUT2D eigenvalue weighted by Gasteiger charge is 2.31. The molecule has 4 heterocycles. The van der Waals surface area contributed by atoms with Gasteiger partial charge in [-0.3, -0.25) is 9.78 Å². The molecule has 1 aromatic carbocycles. The Morgan fingerprint density at radius 2 is 2.00 bits per heavy atom. The number of H-pyrrole nitrogens is 2. The molecule has 2 N–H and O–H groups in total. The number of ether oxygens (including phenoxy) is 1. The van der Waals surface area contributed by atoms with E-state index in [1.54, 1.807) is 41.7 Å². The van der Waals surface area contributed by atoms with Crippen molar-refractivity contribution in [1.82, 2.24) is 34.9 Å². The van der Waals surface area contributed by atoms with Crippen LogP contribution in [0.2, 0.25) is 0 Å². The van der Waals surface area contributed by atoms with Crippen molar-refractivity contribution in [2.75, 3.05) is 0 Å². The average molecular weight is 439 g/mol. The first-order chi connectivity index (χ1) is 15.4. The van der Waals surface area contributed by atoms with E-state index in [0.29, 0.717) is 22.4 Å². The molecule has 5 aromatic rings. The third kappa shape index (κ3) is 3.92. The van der Waals surface area contributed by atoms with Crippen molar-refractivity contribution in [2.45, 2.75) is 19.8 Å². The molecule has 32 heavy (non-hydrogen) atoms. The molecule has 11 heteroatoms. The van der Waals surface area contributed by atoms with Crippen molar-refractivity contribution in [1.29, 1.82) is 0 Å². The van der Waals surface area contributed by atoms with E-state index >= 15 is 0 Å². The maximum Gasteiger partial charge on any atom is 0.573 e. The molecule has 0 atom stereocenters. The Morgan fingerprint density at radius 3 is 2.78 bits per heavy atom. The maximum absolute atomic E-state index is 12.5. The van der Waals surface area contributed by atoms with Crippen molar-refractivity contribution in [3.05, 3.63) is 66.5 Å². The predicted molar refractivity (Wildman–Crippen MR) is 110 cm³/mol. The van der Waals surface area contributed by atoms with E-state index in [2.05, 4.69) is 30.0 Å². The topological polar surface area (TPSA) is 97.3 Å². The Labute approximate surface area is 179 Å². The van der Waals surface area contributed by atoms with Crippen molar-refractivity contribution < 1.29 is 17.9 Å². The van der Waals surface area contributed by atoms with Gasteiger partial charge in [0, 0.05) is 34.8 Å². The van der Waals surface area contributed by atoms with Gasteiger partial charge >= 0.3 is 6.36 Å². The number of benzene rings is 1. The first kappa shape index (κ1) is 19.8. The van der Waals surface area contributed by atoms with Gasteiger partial charge in [-0.25, -0.2) is 9.97 Å². The summed E-state index contributed by atoms with van der Waals surface area (Å²) in [7, 11) is 0. The van der Waals surface area contributed by atoms with E-state index in [-0.39, 0.29) is 12.3 Å². The zero-order valence-electron chi connectivity index (χ0n) is 16.7. The summed E-state index contributed by atoms with van der Waals surface area (Å²) in [5.74, 6) is -0.267. The van der Waals surface area contributed by atoms with Crippen LogP contribution in [-0.4, -0.2) is 41.3 Å². The molecule has 4 aromatic heterocycles. The third-order valence-corrected chi connectivity index (χ3v) is 4.91. The Morgan fingerprint density at radius 1 is 1.12 bits per heavy atom. The minimum absolute atomic E-state index is 0.267. The molecule has 0 radical (unpaired) electrons. The number of aryl methyl sites for hydroxylation is 1. The highest BCUT2D eigenvalue weighted by atomic mass is 19.4. The van der Waals surface area contributed by atoms with Gasteiger partial charge in [-0.2, -0.15) is 10.2 Å². The number of hydrogen-bond acceptors (Lipinski definition) is 5. The first-order valence-electron chi connectivity index (χ1n) is 9.58. The van der Waals surface area contributed by atoms with Gasteiger partial charge in [0.2, 0.25) is 0 Å². The molecule has 0 bridgehead atoms. The predicted octanol–water partition coefficient (Wildman–Crippen LogP) is 4.47. The highest BCUT2D eigenvalue weighted by Crippen LogP contribution is 2.29. The van der Waals surface area contributed by atoms with Gasteiger partial charge in [-0.1, -0.05) is 12.1 Å². The van der Waals surface area contributed by atoms with Crippen LogP contribution in [0, 0.1) is 6.92 Å². The van der Waals surface area contributed by atoms with Crippen LogP contribution in [0.3, 0.4) is 0 Å². The average Bonchev–Trinajstić information content (AvgIpc) is 3.46. The van der Waals surface area contributed by atoms with Crippen LogP contribution in [0.5, 0.6) is 5.75 Å². The highest BCUT2D eigenvalue weighted by molar-refractivity contribution is 5.91. The lowest BCUT2D eigenvalue weighted by Gasteiger charge is -2.10. The number of alkyl halides is 3. The zero-order valence-corrected chi connectivity index (χ0v) is 16.7. The van der Waals surface area contributed by atoms with Gasteiger partial charge in [-0.05, 0) is 24.6 Å². The molecule has 0 saturated carbocycles. The molecular formula is C21H16F3N7O. The molecule has 0 aliphatic carbocycles. The molecule has 162 valence electrons. The van der Waals surface area contributed by atoms with Crippen LogP contribution in [0.1, 0.15) is 11.3 Å². The monoisotopic (exact) mass is 439 g/mol. The standard InChI is InChI=1S/C21H16F3N7O/c1-12-16(8-27-30-12)18-9-26-20-19(29-18)17(7-25-20)14-6-28-31(11-14)10-13-3-2-4-15(5-13)32-21(22,23)24/h2-9,11H,10H2,1H3,(H,25,26)(H,27,30). The zero-order chi connectivity index (χ0) is 22.3. The third-order valence-electron chi connectivity index (χ3n) is 4.91. The number of hydrogen-bond donors (Lipinski definition) is 2. The molecule has 0 fully saturated rings. The Hall–Kier alpha value is -4.15. The van der Waals surface area contributed by atoms with Gasteiger partial charge in [0.25, 0.3) is 0 Å². The van der Waals surface area contributed by atoms with Crippen molar-refractivity contribution >= 4 is 11.2 Å². The number of aromatic nitrogens is 7. The minimum Gasteiger partial charge on any atom is -0.406 e. The smallest absolute Gasteiger partial charge is 0.406 e. The van der Waals surface area contributed by atoms with Crippen LogP contribution < -0.4 is 4.74 Å². The van der Waals surface area contributed by atoms with E-state index in [1.807, 2.05) is 6.92 Å². The van der Waals surface area contributed by atoms with E-state index < -0.39 is 6.36 Å². The van der Waals surface area contributed by atoms with Crippen LogP contribution in [-0.2, 0) is 6.54 Å². The van der Waals surface area contributed by atoms with Gasteiger partial charge in [-0.15, -0.1) is 13.2 Å². The summed E-state index contributed by atoms with van der Waals surface area (Å²) < 4.78 is 43.0. The summed E-state index contributed by atoms with van der Waals surface area (Å²) >= 11 is 0. The van der Waals surface area contributed by atoms with Crippen LogP contribution >= 0.6 is 0 Å². The first-order valence-corrected chi connectivity index (χ1v) is 9.58. The number of nitrogens with one attached hydrogen (secondary N) is 2. The summed E-state index contributed by atoms with van der Waals surface area (Å²) in [5, 5.41) is 11.3. The number of halogens is 3. The van der Waals surface area contributed by atoms with Crippen molar-refractivity contribution in [2.24, 2.45) is 0 Å². The fraction of sp³-hybridized carbons (Fsp3) is 0.143. The SMILES string of the molecule is Cc1[nH]ncc1-c1cnc2[nH]cc(-c3cnn(Cc4cccc(OC(F)(F)F)c4)c3)c2n1. The second-order valence-corrected chi connectivity index (χ2v) is 7.19. The summed E-state index contributed by atoms with van der Waals surface area (Å²) in [6.45, 7) is 2.19. The molecule has 0 amide bonds. The Kier molecular flexibility index (Phi) is 4.65. The summed E-state index contributed by atoms with van der Waals surface area (Å²) in [5.41, 5.74) is 6.00. The lowest BCUT2D eigenvalue weighted by Crippen LogP contribution is -2.17. The Balaban J connectivity index is 1.43. The van der Waals surface area contributed by atoms with Crippen LogP contribution in [0.25, 0.3) is 33.5 Å². The number of fused-ring (bicyclic) bond motifs is 1. The fourth-order valence-corrected chi connectivity index (χ4v) is 3.47. The minimum atomic E-state index is -4.73. The number of nitrogens with zero attached hydrogens (tertiary/aromatic N) is 5. The van der Waals surface area contributed by atoms with E-state index in [4.69, 9.17) is 4.98 Å². The molecule has 0 spiro atoms. The van der Waals surface area contributed by atoms with Crippen molar-refractivity contribution in [3.8, 4) is 28.1 Å². The van der Waals surface area contributed by atoms with Crippen LogP contribution in [0.15, 0.2) is 55.2 Å². The van der Waals surface area contributed by atoms with Crippen molar-refractivity contribution in [3.63, 3.8) is 0 Å². The number of rotatable bonds is 5. The maximum atomic E-state index is 12.5. The second kappa shape index (κ2) is 7.52. The van der Waals surface area contributed by atoms with Gasteiger partial charge in [0.05, 0.1) is 30.8 Å². The quantitative estimate of drug-likeness (QED) is 0.421. The van der Waals surface area contributed by atoms with Gasteiger partial charge in [0.15, 0.2) is 5.65 Å². The molecule has 5 rings (SSSR count). The molecular weight excluding hydrogens is 423 g/mol. The van der Waals surface area contributed by atoms with E-state index in [9.17, 15) is 13.2 Å². The largest absolute Gasteiger partial charge is 0.573 e. The van der Waals surface area contributed by atoms with Gasteiger partial charge < -0.3 is 9.72 Å². The van der Waals surface area contributed by atoms with E-state index in [1.165, 1.54) is 18.2 Å². The lowest BCUT2D eigenvalue weighted by atomic mass is 10.1. The Bertz CT molecular complexity index is 1400. The molecule has 0 aliphatic heterocycles. The lowest BCUT2D eigenvalue weighted by molar-refractivity contribution is -0.274. The van der Waals surface area contributed by atoms with Crippen LogP contribution in [0.4, 0.5) is 13.2 Å². The summed E-state index contributed by atoms with van der Waals surface area (Å²) in [6.07, 6.45) is 3.93.